The lowest BCUT2D eigenvalue weighted by molar-refractivity contribution is -0.122. The number of aromatic nitrogens is 1. The van der Waals surface area contributed by atoms with E-state index in [4.69, 9.17) is 4.74 Å². The summed E-state index contributed by atoms with van der Waals surface area (Å²) in [6.07, 6.45) is 0.481. The summed E-state index contributed by atoms with van der Waals surface area (Å²) in [5, 5.41) is 0.469. The lowest BCUT2D eigenvalue weighted by Gasteiger charge is -2.21. The highest BCUT2D eigenvalue weighted by Gasteiger charge is 2.63. The van der Waals surface area contributed by atoms with Gasteiger partial charge in [-0.25, -0.2) is 13.1 Å². The van der Waals surface area contributed by atoms with Gasteiger partial charge in [0, 0.05) is 22.6 Å². The third-order valence-electron chi connectivity index (χ3n) is 6.75. The van der Waals surface area contributed by atoms with E-state index in [0.717, 1.165) is 16.8 Å². The zero-order valence-electron chi connectivity index (χ0n) is 19.8. The Kier molecular flexibility index (Phi) is 5.60. The minimum absolute atomic E-state index is 0.0270. The topological polar surface area (TPSA) is 85.4 Å². The van der Waals surface area contributed by atoms with E-state index in [1.165, 1.54) is 6.07 Å². The number of nitrogens with one attached hydrogen (secondary N) is 1. The fourth-order valence-electron chi connectivity index (χ4n) is 4.92. The summed E-state index contributed by atoms with van der Waals surface area (Å²) >= 11 is 0. The average Bonchev–Trinajstić information content (AvgIpc) is 3.61. The van der Waals surface area contributed by atoms with Crippen molar-refractivity contribution in [3.63, 3.8) is 0 Å². The van der Waals surface area contributed by atoms with E-state index in [1.54, 1.807) is 31.4 Å². The van der Waals surface area contributed by atoms with Gasteiger partial charge in [-0.3, -0.25) is 9.78 Å². The Morgan fingerprint density at radius 2 is 1.77 bits per heavy atom. The van der Waals surface area contributed by atoms with Crippen molar-refractivity contribution in [3.8, 4) is 5.75 Å². The van der Waals surface area contributed by atoms with E-state index in [2.05, 4.69) is 9.71 Å². The molecule has 0 aliphatic heterocycles. The lowest BCUT2D eigenvalue weighted by atomic mass is 9.88. The minimum atomic E-state index is -4.17. The smallest absolute Gasteiger partial charge is 0.264 e. The van der Waals surface area contributed by atoms with Crippen LogP contribution >= 0.6 is 0 Å². The van der Waals surface area contributed by atoms with Crippen LogP contribution in [-0.4, -0.2) is 26.4 Å². The first kappa shape index (κ1) is 23.1. The number of carbonyl (C=O) groups is 1. The zero-order valence-corrected chi connectivity index (χ0v) is 20.6. The predicted octanol–water partition coefficient (Wildman–Crippen LogP) is 4.79. The summed E-state index contributed by atoms with van der Waals surface area (Å²) in [6, 6.07) is 23.7. The van der Waals surface area contributed by atoms with Crippen molar-refractivity contribution in [2.45, 2.75) is 36.5 Å². The molecule has 7 heteroatoms. The largest absolute Gasteiger partial charge is 0.496 e. The molecular weight excluding hydrogens is 460 g/mol. The number of aryl methyl sites for hydroxylation is 2. The summed E-state index contributed by atoms with van der Waals surface area (Å²) in [5.41, 5.74) is 2.91. The van der Waals surface area contributed by atoms with E-state index in [1.807, 2.05) is 62.4 Å². The first-order valence-electron chi connectivity index (χ1n) is 11.4. The van der Waals surface area contributed by atoms with Gasteiger partial charge in [-0.2, -0.15) is 0 Å². The molecule has 1 unspecified atom stereocenters. The van der Waals surface area contributed by atoms with Gasteiger partial charge in [-0.1, -0.05) is 54.1 Å². The van der Waals surface area contributed by atoms with Gasteiger partial charge in [-0.05, 0) is 56.2 Å². The van der Waals surface area contributed by atoms with E-state index >= 15 is 0 Å². The third kappa shape index (κ3) is 3.96. The Balaban J connectivity index is 1.59. The molecule has 0 bridgehead atoms. The van der Waals surface area contributed by atoms with Crippen molar-refractivity contribution >= 4 is 26.8 Å². The first-order chi connectivity index (χ1) is 16.8. The van der Waals surface area contributed by atoms with Gasteiger partial charge in [0.05, 0.1) is 22.9 Å². The number of rotatable bonds is 6. The van der Waals surface area contributed by atoms with Crippen molar-refractivity contribution in [2.24, 2.45) is 0 Å². The number of hydrogen-bond donors (Lipinski definition) is 1. The third-order valence-corrected chi connectivity index (χ3v) is 8.14. The monoisotopic (exact) mass is 486 g/mol. The van der Waals surface area contributed by atoms with Gasteiger partial charge >= 0.3 is 0 Å². The molecule has 178 valence electrons. The van der Waals surface area contributed by atoms with Gasteiger partial charge in [0.15, 0.2) is 0 Å². The first-order valence-corrected chi connectivity index (χ1v) is 12.9. The molecular formula is C28H26N2O4S. The number of amides is 1. The second-order valence-electron chi connectivity index (χ2n) is 9.05. The highest BCUT2D eigenvalue weighted by atomic mass is 32.2. The van der Waals surface area contributed by atoms with Crippen molar-refractivity contribution in [2.75, 3.05) is 7.11 Å². The van der Waals surface area contributed by atoms with Crippen LogP contribution in [0.1, 0.15) is 34.7 Å². The number of sulfonamides is 1. The maximum atomic E-state index is 13.9. The van der Waals surface area contributed by atoms with Crippen LogP contribution in [0.3, 0.4) is 0 Å². The molecule has 6 nitrogen and oxygen atoms in total. The Labute approximate surface area is 205 Å². The standard InChI is InChI=1S/C28H26N2O4S/c1-18-12-15-25(34-3)22(16-18)28(17-23(28)20-8-5-4-6-9-20)27(31)30-35(32,33)26-11-7-10-24-21(26)14-13-19(2)29-24/h4-16,23H,17H2,1-3H3,(H,30,31)/t23-,28?/m0/s1. The van der Waals surface area contributed by atoms with Crippen LogP contribution in [0.15, 0.2) is 83.8 Å². The molecule has 1 aromatic heterocycles. The van der Waals surface area contributed by atoms with Crippen LogP contribution in [0.25, 0.3) is 10.9 Å². The van der Waals surface area contributed by atoms with E-state index in [0.29, 0.717) is 28.6 Å². The van der Waals surface area contributed by atoms with Gasteiger partial charge in [-0.15, -0.1) is 0 Å². The van der Waals surface area contributed by atoms with Crippen LogP contribution in [-0.2, 0) is 20.2 Å². The molecule has 5 rings (SSSR count). The minimum Gasteiger partial charge on any atom is -0.496 e. The molecule has 1 heterocycles. The SMILES string of the molecule is COc1ccc(C)cc1C1(C(=O)NS(=O)(=O)c2cccc3nc(C)ccc23)C[C@H]1c1ccccc1. The number of carbonyl (C=O) groups excluding carboxylic acids is 1. The van der Waals surface area contributed by atoms with Crippen LogP contribution in [0.5, 0.6) is 5.75 Å². The number of hydrogen-bond acceptors (Lipinski definition) is 5. The molecule has 1 aliphatic carbocycles. The summed E-state index contributed by atoms with van der Waals surface area (Å²) in [4.78, 5) is 18.4. The molecule has 0 saturated heterocycles. The Hall–Kier alpha value is -3.71. The molecule has 1 saturated carbocycles. The van der Waals surface area contributed by atoms with Crippen molar-refractivity contribution in [3.05, 3.63) is 101 Å². The molecule has 0 radical (unpaired) electrons. The molecule has 0 spiro atoms. The van der Waals surface area contributed by atoms with Gasteiger partial charge in [0.25, 0.3) is 10.0 Å². The number of nitrogens with zero attached hydrogens (tertiary/aromatic N) is 1. The second-order valence-corrected chi connectivity index (χ2v) is 10.7. The molecule has 35 heavy (non-hydrogen) atoms. The number of methoxy groups -OCH3 is 1. The van der Waals surface area contributed by atoms with E-state index in [9.17, 15) is 13.2 Å². The van der Waals surface area contributed by atoms with Crippen LogP contribution < -0.4 is 9.46 Å². The van der Waals surface area contributed by atoms with E-state index < -0.39 is 21.3 Å². The quantitative estimate of drug-likeness (QED) is 0.424. The highest BCUT2D eigenvalue weighted by molar-refractivity contribution is 7.90. The van der Waals surface area contributed by atoms with Gasteiger partial charge in [0.1, 0.15) is 5.75 Å². The summed E-state index contributed by atoms with van der Waals surface area (Å²) in [6.45, 7) is 3.79. The van der Waals surface area contributed by atoms with Gasteiger partial charge < -0.3 is 4.74 Å². The Bertz CT molecular complexity index is 1550. The fourth-order valence-corrected chi connectivity index (χ4v) is 6.18. The zero-order chi connectivity index (χ0) is 24.8. The van der Waals surface area contributed by atoms with Gasteiger partial charge in [0.2, 0.25) is 5.91 Å². The average molecular weight is 487 g/mol. The predicted molar refractivity (Wildman–Crippen MR) is 135 cm³/mol. The lowest BCUT2D eigenvalue weighted by Crippen LogP contribution is -2.40. The van der Waals surface area contributed by atoms with Crippen LogP contribution in [0, 0.1) is 13.8 Å². The normalized spacial score (nSPS) is 19.3. The summed E-state index contributed by atoms with van der Waals surface area (Å²) < 4.78 is 35.0. The molecule has 4 aromatic rings. The highest BCUT2D eigenvalue weighted by Crippen LogP contribution is 2.62. The molecule has 1 N–H and O–H groups in total. The summed E-state index contributed by atoms with van der Waals surface area (Å²) in [7, 11) is -2.61. The molecule has 1 amide bonds. The molecule has 1 fully saturated rings. The number of benzene rings is 3. The Morgan fingerprint density at radius 1 is 1.00 bits per heavy atom. The molecule has 1 aliphatic rings. The number of pyridine rings is 1. The van der Waals surface area contributed by atoms with Crippen LogP contribution in [0.4, 0.5) is 0 Å². The fraction of sp³-hybridized carbons (Fsp3) is 0.214. The van der Waals surface area contributed by atoms with Crippen molar-refractivity contribution in [1.82, 2.24) is 9.71 Å². The molecule has 2 atom stereocenters. The molecule has 3 aromatic carbocycles. The van der Waals surface area contributed by atoms with Crippen molar-refractivity contribution < 1.29 is 17.9 Å². The second kappa shape index (κ2) is 8.50. The number of fused-ring (bicyclic) bond motifs is 1. The van der Waals surface area contributed by atoms with Crippen LogP contribution in [0.2, 0.25) is 0 Å². The van der Waals surface area contributed by atoms with E-state index in [-0.39, 0.29) is 10.8 Å². The Morgan fingerprint density at radius 3 is 2.51 bits per heavy atom. The number of ether oxygens (including phenoxy) is 1. The summed E-state index contributed by atoms with van der Waals surface area (Å²) in [5.74, 6) is -0.176. The maximum absolute atomic E-state index is 13.9. The maximum Gasteiger partial charge on any atom is 0.264 e. The van der Waals surface area contributed by atoms with Crippen molar-refractivity contribution in [1.29, 1.82) is 0 Å².